The second kappa shape index (κ2) is 11.4. The highest BCUT2D eigenvalue weighted by molar-refractivity contribution is 8.17. The first-order valence-corrected chi connectivity index (χ1v) is 11.9. The lowest BCUT2D eigenvalue weighted by Crippen LogP contribution is -2.37. The molecule has 1 unspecified atom stereocenters. The highest BCUT2D eigenvalue weighted by atomic mass is 35.5. The maximum atomic E-state index is 12.7. The number of anilines is 1. The van der Waals surface area contributed by atoms with Crippen LogP contribution in [-0.2, 0) is 17.6 Å². The Labute approximate surface area is 194 Å². The molecule has 2 aromatic carbocycles. The van der Waals surface area contributed by atoms with Crippen LogP contribution in [0.3, 0.4) is 0 Å². The number of carbonyl (C=O) groups is 1. The van der Waals surface area contributed by atoms with Crippen molar-refractivity contribution >= 4 is 40.0 Å². The van der Waals surface area contributed by atoms with E-state index in [1.807, 2.05) is 24.3 Å². The van der Waals surface area contributed by atoms with Gasteiger partial charge in [-0.25, -0.2) is 0 Å². The Hall–Kier alpha value is -2.24. The lowest BCUT2D eigenvalue weighted by atomic mass is 10.1. The second-order valence-corrected chi connectivity index (χ2v) is 9.30. The standard InChI is InChI=1S/C25H30ClN3OS/c1-4-19-7-12-23(13-8-19)29-16-15-22(17-29)28-25(30)18(2)31-24(27-3)14-9-20-5-10-21(26)11-6-20/h5-8,10-13,22H,2,4,9,14-17H2,1,3H3,(H,28,30). The maximum Gasteiger partial charge on any atom is 0.257 e. The van der Waals surface area contributed by atoms with Gasteiger partial charge in [-0.1, -0.05) is 61.1 Å². The van der Waals surface area contributed by atoms with Crippen molar-refractivity contribution in [1.29, 1.82) is 0 Å². The van der Waals surface area contributed by atoms with E-state index in [9.17, 15) is 4.79 Å². The molecule has 0 aliphatic carbocycles. The van der Waals surface area contributed by atoms with Crippen molar-refractivity contribution in [2.24, 2.45) is 4.99 Å². The molecule has 1 atom stereocenters. The van der Waals surface area contributed by atoms with Crippen molar-refractivity contribution in [2.75, 3.05) is 25.0 Å². The van der Waals surface area contributed by atoms with Crippen LogP contribution in [0.5, 0.6) is 0 Å². The van der Waals surface area contributed by atoms with Gasteiger partial charge in [-0.05, 0) is 61.1 Å². The molecule has 4 nitrogen and oxygen atoms in total. The van der Waals surface area contributed by atoms with Gasteiger partial charge in [0.25, 0.3) is 5.91 Å². The average molecular weight is 456 g/mol. The smallest absolute Gasteiger partial charge is 0.257 e. The number of aliphatic imine (C=N–C) groups is 1. The predicted octanol–water partition coefficient (Wildman–Crippen LogP) is 5.51. The third kappa shape index (κ3) is 6.88. The van der Waals surface area contributed by atoms with Gasteiger partial charge in [0, 0.05) is 36.9 Å². The topological polar surface area (TPSA) is 44.7 Å². The number of nitrogens with zero attached hydrogens (tertiary/aromatic N) is 2. The van der Waals surface area contributed by atoms with Gasteiger partial charge in [-0.3, -0.25) is 9.79 Å². The molecule has 3 rings (SSSR count). The minimum atomic E-state index is -0.106. The number of rotatable bonds is 8. The zero-order valence-electron chi connectivity index (χ0n) is 18.2. The fourth-order valence-electron chi connectivity index (χ4n) is 3.62. The predicted molar refractivity (Wildman–Crippen MR) is 134 cm³/mol. The van der Waals surface area contributed by atoms with Crippen molar-refractivity contribution in [3.8, 4) is 0 Å². The van der Waals surface area contributed by atoms with Crippen LogP contribution in [0.15, 0.2) is 65.0 Å². The summed E-state index contributed by atoms with van der Waals surface area (Å²) in [5, 5.41) is 4.77. The first-order valence-electron chi connectivity index (χ1n) is 10.7. The Balaban J connectivity index is 1.46. The van der Waals surface area contributed by atoms with Crippen LogP contribution in [0.4, 0.5) is 5.69 Å². The summed E-state index contributed by atoms with van der Waals surface area (Å²) in [7, 11) is 1.76. The molecule has 0 bridgehead atoms. The Kier molecular flexibility index (Phi) is 8.61. The SMILES string of the molecule is C=C(SC(CCc1ccc(Cl)cc1)=NC)C(=O)NC1CCN(c2ccc(CC)cc2)C1. The molecule has 31 heavy (non-hydrogen) atoms. The average Bonchev–Trinajstić information content (AvgIpc) is 3.26. The Morgan fingerprint density at radius 2 is 1.87 bits per heavy atom. The van der Waals surface area contributed by atoms with Gasteiger partial charge in [0.05, 0.1) is 9.95 Å². The van der Waals surface area contributed by atoms with Crippen molar-refractivity contribution < 1.29 is 4.79 Å². The summed E-state index contributed by atoms with van der Waals surface area (Å²) in [5.74, 6) is -0.106. The molecule has 0 spiro atoms. The molecule has 0 aromatic heterocycles. The number of amides is 1. The molecule has 0 radical (unpaired) electrons. The first kappa shape index (κ1) is 23.4. The summed E-state index contributed by atoms with van der Waals surface area (Å²) < 4.78 is 0. The number of halogens is 1. The Bertz CT molecular complexity index is 925. The van der Waals surface area contributed by atoms with Gasteiger partial charge in [0.2, 0.25) is 0 Å². The van der Waals surface area contributed by atoms with Gasteiger partial charge < -0.3 is 10.2 Å². The quantitative estimate of drug-likeness (QED) is 0.324. The minimum absolute atomic E-state index is 0.106. The number of aryl methyl sites for hydroxylation is 2. The first-order chi connectivity index (χ1) is 15.0. The molecule has 1 saturated heterocycles. The van der Waals surface area contributed by atoms with Crippen molar-refractivity contribution in [3.63, 3.8) is 0 Å². The second-order valence-electron chi connectivity index (χ2n) is 7.69. The van der Waals surface area contributed by atoms with E-state index in [2.05, 4.69) is 53.0 Å². The molecule has 0 saturated carbocycles. The minimum Gasteiger partial charge on any atom is -0.369 e. The van der Waals surface area contributed by atoms with Crippen LogP contribution in [0.2, 0.25) is 5.02 Å². The monoisotopic (exact) mass is 455 g/mol. The van der Waals surface area contributed by atoms with E-state index in [1.165, 1.54) is 28.6 Å². The van der Waals surface area contributed by atoms with Crippen LogP contribution in [0, 0.1) is 0 Å². The Morgan fingerprint density at radius 1 is 1.19 bits per heavy atom. The molecule has 6 heteroatoms. The van der Waals surface area contributed by atoms with Gasteiger partial charge in [-0.2, -0.15) is 0 Å². The zero-order chi connectivity index (χ0) is 22.2. The normalized spacial score (nSPS) is 16.4. The fourth-order valence-corrected chi connectivity index (χ4v) is 4.48. The van der Waals surface area contributed by atoms with Crippen LogP contribution >= 0.6 is 23.4 Å². The highest BCUT2D eigenvalue weighted by Crippen LogP contribution is 2.23. The number of hydrogen-bond acceptors (Lipinski definition) is 4. The molecule has 1 N–H and O–H groups in total. The number of hydrogen-bond donors (Lipinski definition) is 1. The number of carbonyl (C=O) groups excluding carboxylic acids is 1. The van der Waals surface area contributed by atoms with Gasteiger partial charge in [-0.15, -0.1) is 0 Å². The third-order valence-corrected chi connectivity index (χ3v) is 6.82. The summed E-state index contributed by atoms with van der Waals surface area (Å²) in [6, 6.07) is 16.6. The van der Waals surface area contributed by atoms with E-state index in [1.54, 1.807) is 7.05 Å². The lowest BCUT2D eigenvalue weighted by Gasteiger charge is -2.19. The van der Waals surface area contributed by atoms with Crippen LogP contribution in [-0.4, -0.2) is 37.1 Å². The summed E-state index contributed by atoms with van der Waals surface area (Å²) in [4.78, 5) is 19.8. The van der Waals surface area contributed by atoms with E-state index in [-0.39, 0.29) is 11.9 Å². The number of nitrogens with one attached hydrogen (secondary N) is 1. The molecule has 1 heterocycles. The zero-order valence-corrected chi connectivity index (χ0v) is 19.8. The molecule has 1 aliphatic rings. The van der Waals surface area contributed by atoms with Gasteiger partial charge >= 0.3 is 0 Å². The summed E-state index contributed by atoms with van der Waals surface area (Å²) in [6.07, 6.45) is 3.59. The Morgan fingerprint density at radius 3 is 2.52 bits per heavy atom. The van der Waals surface area contributed by atoms with Crippen LogP contribution in [0.1, 0.15) is 30.9 Å². The lowest BCUT2D eigenvalue weighted by molar-refractivity contribution is -0.117. The van der Waals surface area contributed by atoms with Crippen molar-refractivity contribution in [3.05, 3.63) is 76.2 Å². The fraction of sp³-hybridized carbons (Fsp3) is 0.360. The van der Waals surface area contributed by atoms with Crippen LogP contribution in [0.25, 0.3) is 0 Å². The highest BCUT2D eigenvalue weighted by Gasteiger charge is 2.25. The van der Waals surface area contributed by atoms with E-state index in [0.29, 0.717) is 4.91 Å². The molecule has 164 valence electrons. The summed E-state index contributed by atoms with van der Waals surface area (Å²) in [6.45, 7) is 7.91. The number of thioether (sulfide) groups is 1. The number of benzene rings is 2. The third-order valence-electron chi connectivity index (χ3n) is 5.52. The largest absolute Gasteiger partial charge is 0.369 e. The maximum absolute atomic E-state index is 12.7. The van der Waals surface area contributed by atoms with Gasteiger partial charge in [0.15, 0.2) is 0 Å². The van der Waals surface area contributed by atoms with Crippen molar-refractivity contribution in [2.45, 2.75) is 38.6 Å². The molecule has 1 fully saturated rings. The molecule has 1 aliphatic heterocycles. The summed E-state index contributed by atoms with van der Waals surface area (Å²) in [5.41, 5.74) is 3.74. The van der Waals surface area contributed by atoms with Crippen LogP contribution < -0.4 is 10.2 Å². The molecular weight excluding hydrogens is 426 g/mol. The van der Waals surface area contributed by atoms with E-state index < -0.39 is 0 Å². The molecular formula is C25H30ClN3OS. The van der Waals surface area contributed by atoms with E-state index in [4.69, 9.17) is 11.6 Å². The molecule has 1 amide bonds. The molecule has 2 aromatic rings. The van der Waals surface area contributed by atoms with Crippen molar-refractivity contribution in [1.82, 2.24) is 5.32 Å². The van der Waals surface area contributed by atoms with E-state index >= 15 is 0 Å². The summed E-state index contributed by atoms with van der Waals surface area (Å²) >= 11 is 7.31. The van der Waals surface area contributed by atoms with Gasteiger partial charge in [0.1, 0.15) is 0 Å². The van der Waals surface area contributed by atoms with E-state index in [0.717, 1.165) is 48.8 Å².